The minimum Gasteiger partial charge on any atom is -0.338 e. The highest BCUT2D eigenvalue weighted by atomic mass is 32.2. The van der Waals surface area contributed by atoms with Gasteiger partial charge in [0.1, 0.15) is 0 Å². The van der Waals surface area contributed by atoms with Crippen molar-refractivity contribution in [1.82, 2.24) is 4.90 Å². The van der Waals surface area contributed by atoms with Gasteiger partial charge in [0.05, 0.1) is 15.9 Å². The van der Waals surface area contributed by atoms with Gasteiger partial charge in [0, 0.05) is 30.8 Å². The molecule has 8 heteroatoms. The third kappa shape index (κ3) is 3.75. The van der Waals surface area contributed by atoms with Crippen LogP contribution in [0.15, 0.2) is 54.6 Å². The van der Waals surface area contributed by atoms with Crippen molar-refractivity contribution in [2.24, 2.45) is 0 Å². The zero-order chi connectivity index (χ0) is 18.7. The number of nitro benzene ring substituents is 1. The molecule has 1 aliphatic rings. The van der Waals surface area contributed by atoms with Gasteiger partial charge in [0.25, 0.3) is 11.6 Å². The summed E-state index contributed by atoms with van der Waals surface area (Å²) in [5.41, 5.74) is 0.743. The summed E-state index contributed by atoms with van der Waals surface area (Å²) < 4.78 is 25.2. The van der Waals surface area contributed by atoms with E-state index < -0.39 is 25.9 Å². The Morgan fingerprint density at radius 1 is 1.08 bits per heavy atom. The van der Waals surface area contributed by atoms with Gasteiger partial charge in [0.2, 0.25) is 0 Å². The van der Waals surface area contributed by atoms with Crippen LogP contribution in [0.5, 0.6) is 0 Å². The van der Waals surface area contributed by atoms with Gasteiger partial charge in [-0.25, -0.2) is 8.42 Å². The molecule has 1 unspecified atom stereocenters. The Kier molecular flexibility index (Phi) is 5.03. The Labute approximate surface area is 151 Å². The number of carbonyl (C=O) groups excluding carboxylic acids is 1. The molecule has 136 valence electrons. The van der Waals surface area contributed by atoms with Crippen molar-refractivity contribution in [2.75, 3.05) is 18.8 Å². The molecule has 26 heavy (non-hydrogen) atoms. The Hall–Kier alpha value is -2.74. The molecule has 3 rings (SSSR count). The lowest BCUT2D eigenvalue weighted by molar-refractivity contribution is -0.384. The lowest BCUT2D eigenvalue weighted by Crippen LogP contribution is -2.33. The first-order valence-corrected chi connectivity index (χ1v) is 9.90. The van der Waals surface area contributed by atoms with Crippen molar-refractivity contribution in [1.29, 1.82) is 0 Å². The number of sulfone groups is 1. The molecule has 0 bridgehead atoms. The third-order valence-electron chi connectivity index (χ3n) is 4.50. The fourth-order valence-electron chi connectivity index (χ4n) is 3.12. The molecule has 1 fully saturated rings. The molecule has 0 radical (unpaired) electrons. The molecule has 7 nitrogen and oxygen atoms in total. The standard InChI is InChI=1S/C18H18N2O5S/c21-18(15-7-4-8-16(13-15)20(22)23)19-10-9-17(26(24,25)12-11-19)14-5-2-1-3-6-14/h1-8,13,17H,9-12H2. The average Bonchev–Trinajstić information content (AvgIpc) is 2.80. The Morgan fingerprint density at radius 3 is 2.50 bits per heavy atom. The highest BCUT2D eigenvalue weighted by molar-refractivity contribution is 7.91. The van der Waals surface area contributed by atoms with Crippen LogP contribution in [0.4, 0.5) is 5.69 Å². The van der Waals surface area contributed by atoms with Crippen LogP contribution in [-0.2, 0) is 9.84 Å². The minimum atomic E-state index is -3.39. The molecule has 1 amide bonds. The molecule has 1 atom stereocenters. The smallest absolute Gasteiger partial charge is 0.270 e. The molecule has 0 aromatic heterocycles. The van der Waals surface area contributed by atoms with Gasteiger partial charge >= 0.3 is 0 Å². The summed E-state index contributed by atoms with van der Waals surface area (Å²) in [6, 6.07) is 14.5. The number of non-ortho nitro benzene ring substituents is 1. The van der Waals surface area contributed by atoms with Crippen LogP contribution >= 0.6 is 0 Å². The molecule has 1 saturated heterocycles. The number of rotatable bonds is 3. The van der Waals surface area contributed by atoms with Crippen LogP contribution in [0.2, 0.25) is 0 Å². The van der Waals surface area contributed by atoms with Gasteiger partial charge in [0.15, 0.2) is 9.84 Å². The van der Waals surface area contributed by atoms with Gasteiger partial charge in [-0.2, -0.15) is 0 Å². The SMILES string of the molecule is O=C(c1cccc([N+](=O)[O-])c1)N1CCC(c2ccccc2)S(=O)(=O)CC1. The summed E-state index contributed by atoms with van der Waals surface area (Å²) in [5, 5.41) is 10.2. The lowest BCUT2D eigenvalue weighted by Gasteiger charge is -2.20. The highest BCUT2D eigenvalue weighted by Crippen LogP contribution is 2.29. The minimum absolute atomic E-state index is 0.0766. The number of nitro groups is 1. The van der Waals surface area contributed by atoms with E-state index >= 15 is 0 Å². The fraction of sp³-hybridized carbons (Fsp3) is 0.278. The number of amides is 1. The Morgan fingerprint density at radius 2 is 1.81 bits per heavy atom. The van der Waals surface area contributed by atoms with E-state index in [1.165, 1.54) is 29.2 Å². The number of benzene rings is 2. The Bertz CT molecular complexity index is 928. The monoisotopic (exact) mass is 374 g/mol. The third-order valence-corrected chi connectivity index (χ3v) is 6.63. The fourth-order valence-corrected chi connectivity index (χ4v) is 4.92. The largest absolute Gasteiger partial charge is 0.338 e. The highest BCUT2D eigenvalue weighted by Gasteiger charge is 2.33. The summed E-state index contributed by atoms with van der Waals surface area (Å²) in [6.45, 7) is 0.355. The van der Waals surface area contributed by atoms with Crippen LogP contribution < -0.4 is 0 Å². The van der Waals surface area contributed by atoms with Crippen LogP contribution in [0.1, 0.15) is 27.6 Å². The van der Waals surface area contributed by atoms with Crippen molar-refractivity contribution in [3.63, 3.8) is 0 Å². The van der Waals surface area contributed by atoms with Gasteiger partial charge in [-0.3, -0.25) is 14.9 Å². The summed E-state index contributed by atoms with van der Waals surface area (Å²) in [4.78, 5) is 24.5. The second-order valence-electron chi connectivity index (χ2n) is 6.15. The molecule has 1 heterocycles. The van der Waals surface area contributed by atoms with Crippen LogP contribution in [-0.4, -0.2) is 43.0 Å². The topological polar surface area (TPSA) is 97.6 Å². The van der Waals surface area contributed by atoms with E-state index in [9.17, 15) is 23.3 Å². The molecular weight excluding hydrogens is 356 g/mol. The number of carbonyl (C=O) groups is 1. The van der Waals surface area contributed by atoms with E-state index in [-0.39, 0.29) is 30.1 Å². The Balaban J connectivity index is 1.83. The van der Waals surface area contributed by atoms with Crippen molar-refractivity contribution in [3.8, 4) is 0 Å². The molecule has 1 aliphatic heterocycles. The molecule has 0 aliphatic carbocycles. The number of nitrogens with zero attached hydrogens (tertiary/aromatic N) is 2. The molecule has 2 aromatic carbocycles. The normalized spacial score (nSPS) is 19.5. The van der Waals surface area contributed by atoms with Crippen molar-refractivity contribution in [3.05, 3.63) is 75.8 Å². The maximum Gasteiger partial charge on any atom is 0.270 e. The van der Waals surface area contributed by atoms with E-state index in [1.807, 2.05) is 6.07 Å². The van der Waals surface area contributed by atoms with E-state index in [1.54, 1.807) is 24.3 Å². The van der Waals surface area contributed by atoms with E-state index in [2.05, 4.69) is 0 Å². The molecule has 0 N–H and O–H groups in total. The molecule has 2 aromatic rings. The van der Waals surface area contributed by atoms with Gasteiger partial charge < -0.3 is 4.90 Å². The number of hydrogen-bond acceptors (Lipinski definition) is 5. The molecular formula is C18H18N2O5S. The first kappa shape index (κ1) is 18.1. The van der Waals surface area contributed by atoms with E-state index in [0.717, 1.165) is 5.56 Å². The first-order valence-electron chi connectivity index (χ1n) is 8.19. The van der Waals surface area contributed by atoms with Gasteiger partial charge in [-0.1, -0.05) is 36.4 Å². The summed E-state index contributed by atoms with van der Waals surface area (Å²) in [5.74, 6) is -0.523. The summed E-state index contributed by atoms with van der Waals surface area (Å²) >= 11 is 0. The predicted octanol–water partition coefficient (Wildman–Crippen LogP) is 2.60. The molecule has 0 saturated carbocycles. The van der Waals surface area contributed by atoms with Crippen molar-refractivity contribution < 1.29 is 18.1 Å². The lowest BCUT2D eigenvalue weighted by atomic mass is 10.1. The second kappa shape index (κ2) is 7.25. The van der Waals surface area contributed by atoms with Crippen molar-refractivity contribution in [2.45, 2.75) is 11.7 Å². The van der Waals surface area contributed by atoms with E-state index in [4.69, 9.17) is 0 Å². The average molecular weight is 374 g/mol. The van der Waals surface area contributed by atoms with Crippen LogP contribution in [0, 0.1) is 10.1 Å². The summed E-state index contributed by atoms with van der Waals surface area (Å²) in [6.07, 6.45) is 0.299. The maximum atomic E-state index is 12.7. The van der Waals surface area contributed by atoms with Gasteiger partial charge in [-0.05, 0) is 18.1 Å². The molecule has 0 spiro atoms. The zero-order valence-corrected chi connectivity index (χ0v) is 14.8. The van der Waals surface area contributed by atoms with Gasteiger partial charge in [-0.15, -0.1) is 0 Å². The first-order chi connectivity index (χ1) is 12.4. The second-order valence-corrected chi connectivity index (χ2v) is 8.46. The maximum absolute atomic E-state index is 12.7. The quantitative estimate of drug-likeness (QED) is 0.607. The number of hydrogen-bond donors (Lipinski definition) is 0. The van der Waals surface area contributed by atoms with Crippen LogP contribution in [0.3, 0.4) is 0 Å². The van der Waals surface area contributed by atoms with E-state index in [0.29, 0.717) is 6.42 Å². The predicted molar refractivity (Wildman–Crippen MR) is 96.6 cm³/mol. The van der Waals surface area contributed by atoms with Crippen molar-refractivity contribution >= 4 is 21.4 Å². The van der Waals surface area contributed by atoms with Crippen LogP contribution in [0.25, 0.3) is 0 Å². The zero-order valence-electron chi connectivity index (χ0n) is 13.9. The summed E-state index contributed by atoms with van der Waals surface area (Å²) in [7, 11) is -3.39.